The van der Waals surface area contributed by atoms with Gasteiger partial charge in [-0.2, -0.15) is 0 Å². The van der Waals surface area contributed by atoms with Gasteiger partial charge in [-0.15, -0.1) is 11.3 Å². The quantitative estimate of drug-likeness (QED) is 0.855. The Morgan fingerprint density at radius 3 is 2.58 bits per heavy atom. The van der Waals surface area contributed by atoms with Crippen molar-refractivity contribution in [3.63, 3.8) is 0 Å². The maximum Gasteiger partial charge on any atom is 0.159 e. The van der Waals surface area contributed by atoms with Crippen molar-refractivity contribution in [1.82, 2.24) is 5.32 Å². The van der Waals surface area contributed by atoms with E-state index in [1.54, 1.807) is 17.4 Å². The van der Waals surface area contributed by atoms with Crippen molar-refractivity contribution in [2.75, 3.05) is 6.54 Å². The minimum atomic E-state index is -0.806. The van der Waals surface area contributed by atoms with Gasteiger partial charge in [-0.05, 0) is 54.6 Å². The lowest BCUT2D eigenvalue weighted by Crippen LogP contribution is -2.23. The summed E-state index contributed by atoms with van der Waals surface area (Å²) in [6.45, 7) is 4.95. The summed E-state index contributed by atoms with van der Waals surface area (Å²) in [5.74, 6) is -1.60. The average molecular weight is 281 g/mol. The van der Waals surface area contributed by atoms with Gasteiger partial charge in [0.1, 0.15) is 0 Å². The minimum absolute atomic E-state index is 0.0821. The van der Waals surface area contributed by atoms with E-state index in [1.165, 1.54) is 17.0 Å². The summed E-state index contributed by atoms with van der Waals surface area (Å²) in [6.07, 6.45) is 0.989. The third-order valence-corrected chi connectivity index (χ3v) is 3.95. The van der Waals surface area contributed by atoms with Crippen molar-refractivity contribution < 1.29 is 8.78 Å². The van der Waals surface area contributed by atoms with E-state index in [0.29, 0.717) is 0 Å². The molecular formula is C15H17F2NS. The summed E-state index contributed by atoms with van der Waals surface area (Å²) < 4.78 is 26.4. The summed E-state index contributed by atoms with van der Waals surface area (Å²) >= 11 is 1.66. The molecule has 102 valence electrons. The zero-order valence-electron chi connectivity index (χ0n) is 11.0. The highest BCUT2D eigenvalue weighted by atomic mass is 32.1. The molecule has 0 bridgehead atoms. The van der Waals surface area contributed by atoms with Gasteiger partial charge in [-0.3, -0.25) is 0 Å². The van der Waals surface area contributed by atoms with Crippen molar-refractivity contribution >= 4 is 11.3 Å². The normalized spacial score (nSPS) is 12.6. The topological polar surface area (TPSA) is 12.0 Å². The zero-order chi connectivity index (χ0) is 13.8. The van der Waals surface area contributed by atoms with E-state index in [9.17, 15) is 8.78 Å². The van der Waals surface area contributed by atoms with E-state index in [2.05, 4.69) is 12.2 Å². The Hall–Kier alpha value is -1.26. The van der Waals surface area contributed by atoms with Crippen LogP contribution in [0.3, 0.4) is 0 Å². The van der Waals surface area contributed by atoms with Gasteiger partial charge in [-0.1, -0.05) is 13.0 Å². The van der Waals surface area contributed by atoms with Crippen LogP contribution in [0.25, 0.3) is 0 Å². The van der Waals surface area contributed by atoms with Crippen molar-refractivity contribution in [3.05, 3.63) is 57.3 Å². The molecular weight excluding hydrogens is 264 g/mol. The van der Waals surface area contributed by atoms with Gasteiger partial charge in [0.25, 0.3) is 0 Å². The molecule has 2 rings (SSSR count). The smallest absolute Gasteiger partial charge is 0.159 e. The Morgan fingerprint density at radius 1 is 1.21 bits per heavy atom. The third-order valence-electron chi connectivity index (χ3n) is 3.09. The second-order valence-corrected chi connectivity index (χ2v) is 5.61. The molecule has 0 saturated carbocycles. The first-order valence-corrected chi connectivity index (χ1v) is 7.23. The molecule has 1 nitrogen and oxygen atoms in total. The molecule has 0 aliphatic rings. The Labute approximate surface area is 116 Å². The van der Waals surface area contributed by atoms with E-state index in [4.69, 9.17) is 0 Å². The van der Waals surface area contributed by atoms with E-state index in [1.807, 2.05) is 18.4 Å². The second-order valence-electron chi connectivity index (χ2n) is 4.49. The molecule has 2 aromatic rings. The minimum Gasteiger partial charge on any atom is -0.306 e. The monoisotopic (exact) mass is 281 g/mol. The summed E-state index contributed by atoms with van der Waals surface area (Å²) in [5, 5.41) is 5.41. The number of rotatable bonds is 5. The number of halogens is 2. The van der Waals surface area contributed by atoms with Crippen LogP contribution < -0.4 is 5.32 Å². The molecule has 1 unspecified atom stereocenters. The number of hydrogen-bond acceptors (Lipinski definition) is 2. The lowest BCUT2D eigenvalue weighted by atomic mass is 9.99. The van der Waals surface area contributed by atoms with Crippen molar-refractivity contribution in [2.24, 2.45) is 0 Å². The van der Waals surface area contributed by atoms with Crippen molar-refractivity contribution in [1.29, 1.82) is 0 Å². The van der Waals surface area contributed by atoms with E-state index in [0.717, 1.165) is 24.1 Å². The number of nitrogens with one attached hydrogen (secondary N) is 1. The van der Waals surface area contributed by atoms with Gasteiger partial charge in [0.2, 0.25) is 0 Å². The highest BCUT2D eigenvalue weighted by Crippen LogP contribution is 2.29. The van der Waals surface area contributed by atoms with Gasteiger partial charge in [-0.25, -0.2) is 8.78 Å². The van der Waals surface area contributed by atoms with Gasteiger partial charge in [0, 0.05) is 4.88 Å². The van der Waals surface area contributed by atoms with Gasteiger partial charge >= 0.3 is 0 Å². The van der Waals surface area contributed by atoms with E-state index < -0.39 is 11.6 Å². The van der Waals surface area contributed by atoms with E-state index >= 15 is 0 Å². The van der Waals surface area contributed by atoms with Crippen LogP contribution in [0, 0.1) is 18.6 Å². The van der Waals surface area contributed by atoms with Crippen LogP contribution in [0.1, 0.15) is 35.4 Å². The number of aryl methyl sites for hydroxylation is 1. The first-order valence-electron chi connectivity index (χ1n) is 6.35. The van der Waals surface area contributed by atoms with Gasteiger partial charge < -0.3 is 5.32 Å². The largest absolute Gasteiger partial charge is 0.306 e. The molecule has 1 N–H and O–H groups in total. The molecule has 4 heteroatoms. The molecule has 0 spiro atoms. The van der Waals surface area contributed by atoms with Crippen LogP contribution >= 0.6 is 11.3 Å². The van der Waals surface area contributed by atoms with Gasteiger partial charge in [0.05, 0.1) is 6.04 Å². The highest BCUT2D eigenvalue weighted by molar-refractivity contribution is 7.10. The lowest BCUT2D eigenvalue weighted by molar-refractivity contribution is 0.503. The van der Waals surface area contributed by atoms with Crippen molar-refractivity contribution in [3.8, 4) is 0 Å². The molecule has 0 saturated heterocycles. The first kappa shape index (κ1) is 14.2. The molecule has 0 amide bonds. The molecule has 19 heavy (non-hydrogen) atoms. The zero-order valence-corrected chi connectivity index (χ0v) is 11.9. The molecule has 1 heterocycles. The Balaban J connectivity index is 2.37. The fraction of sp³-hybridized carbons (Fsp3) is 0.333. The van der Waals surface area contributed by atoms with Crippen LogP contribution in [0.5, 0.6) is 0 Å². The highest BCUT2D eigenvalue weighted by Gasteiger charge is 2.17. The predicted octanol–water partition coefficient (Wildman–Crippen LogP) is 4.42. The Bertz CT molecular complexity index is 551. The summed E-state index contributed by atoms with van der Waals surface area (Å²) in [7, 11) is 0. The molecule has 1 aromatic carbocycles. The Morgan fingerprint density at radius 2 is 2.00 bits per heavy atom. The van der Waals surface area contributed by atoms with Crippen LogP contribution in [-0.4, -0.2) is 6.54 Å². The number of thiophene rings is 1. The molecule has 0 fully saturated rings. The van der Waals surface area contributed by atoms with Gasteiger partial charge in [0.15, 0.2) is 11.6 Å². The first-order chi connectivity index (χ1) is 9.13. The molecule has 0 radical (unpaired) electrons. The number of benzene rings is 1. The maximum absolute atomic E-state index is 13.4. The fourth-order valence-corrected chi connectivity index (χ4v) is 2.82. The molecule has 0 aliphatic heterocycles. The SMILES string of the molecule is CCCNC(c1ccc(F)c(F)c1)c1ccsc1C. The molecule has 1 aromatic heterocycles. The fourth-order valence-electron chi connectivity index (χ4n) is 2.08. The second kappa shape index (κ2) is 6.26. The number of hydrogen-bond donors (Lipinski definition) is 1. The summed E-state index contributed by atoms with van der Waals surface area (Å²) in [4.78, 5) is 1.19. The maximum atomic E-state index is 13.4. The van der Waals surface area contributed by atoms with Crippen molar-refractivity contribution in [2.45, 2.75) is 26.3 Å². The van der Waals surface area contributed by atoms with E-state index in [-0.39, 0.29) is 6.04 Å². The van der Waals surface area contributed by atoms with Crippen LogP contribution in [0.15, 0.2) is 29.6 Å². The standard InChI is InChI=1S/C15H17F2NS/c1-3-7-18-15(12-6-8-19-10(12)2)11-4-5-13(16)14(17)9-11/h4-6,8-9,15,18H,3,7H2,1-2H3. The third kappa shape index (κ3) is 3.19. The Kier molecular flexibility index (Phi) is 4.66. The molecule has 1 atom stereocenters. The summed E-state index contributed by atoms with van der Waals surface area (Å²) in [6, 6.07) is 6.06. The summed E-state index contributed by atoms with van der Waals surface area (Å²) in [5.41, 5.74) is 1.89. The van der Waals surface area contributed by atoms with Crippen LogP contribution in [0.4, 0.5) is 8.78 Å². The predicted molar refractivity (Wildman–Crippen MR) is 75.6 cm³/mol. The van der Waals surface area contributed by atoms with Crippen LogP contribution in [-0.2, 0) is 0 Å². The molecule has 0 aliphatic carbocycles. The van der Waals surface area contributed by atoms with Crippen LogP contribution in [0.2, 0.25) is 0 Å². The average Bonchev–Trinajstić information content (AvgIpc) is 2.80. The lowest BCUT2D eigenvalue weighted by Gasteiger charge is -2.19.